The first-order valence-electron chi connectivity index (χ1n) is 10.4. The van der Waals surface area contributed by atoms with Crippen LogP contribution in [-0.4, -0.2) is 63.3 Å². The molecule has 1 saturated carbocycles. The number of rotatable bonds is 4. The first-order valence-corrected chi connectivity index (χ1v) is 10.4. The standard InChI is InChI=1S/C20H29N5O2/c26-19-11-15(14-25(19)16-7-3-1-2-4-8-16)22-18-13-21-12-17(23-18)20(27)24-9-5-6-10-24/h12-13,15-16H,1-11,14H2,(H,22,23). The van der Waals surface area contributed by atoms with Crippen LogP contribution in [0.1, 0.15) is 68.3 Å². The molecule has 3 heterocycles. The zero-order chi connectivity index (χ0) is 18.6. The van der Waals surface area contributed by atoms with Crippen molar-refractivity contribution in [2.75, 3.05) is 25.0 Å². The molecule has 146 valence electrons. The number of nitrogens with zero attached hydrogens (tertiary/aromatic N) is 4. The number of carbonyl (C=O) groups is 2. The van der Waals surface area contributed by atoms with Gasteiger partial charge in [0.05, 0.1) is 18.4 Å². The van der Waals surface area contributed by atoms with Crippen LogP contribution in [0.4, 0.5) is 5.82 Å². The second-order valence-corrected chi connectivity index (χ2v) is 8.03. The number of carbonyl (C=O) groups excluding carboxylic acids is 2. The second-order valence-electron chi connectivity index (χ2n) is 8.03. The molecule has 1 aliphatic carbocycles. The maximum absolute atomic E-state index is 12.5. The Balaban J connectivity index is 1.38. The lowest BCUT2D eigenvalue weighted by molar-refractivity contribution is -0.129. The summed E-state index contributed by atoms with van der Waals surface area (Å²) in [7, 11) is 0. The van der Waals surface area contributed by atoms with E-state index in [1.54, 1.807) is 6.20 Å². The van der Waals surface area contributed by atoms with E-state index in [4.69, 9.17) is 0 Å². The van der Waals surface area contributed by atoms with Gasteiger partial charge >= 0.3 is 0 Å². The number of likely N-dealkylation sites (tertiary alicyclic amines) is 2. The zero-order valence-corrected chi connectivity index (χ0v) is 15.9. The smallest absolute Gasteiger partial charge is 0.274 e. The molecule has 2 amide bonds. The Hall–Kier alpha value is -2.18. The number of amides is 2. The molecule has 2 aliphatic heterocycles. The maximum atomic E-state index is 12.5. The molecule has 7 nitrogen and oxygen atoms in total. The van der Waals surface area contributed by atoms with Gasteiger partial charge in [-0.15, -0.1) is 0 Å². The largest absolute Gasteiger partial charge is 0.364 e. The van der Waals surface area contributed by atoms with E-state index in [-0.39, 0.29) is 17.9 Å². The van der Waals surface area contributed by atoms with Crippen molar-refractivity contribution in [3.05, 3.63) is 18.1 Å². The van der Waals surface area contributed by atoms with Crippen LogP contribution in [0.2, 0.25) is 0 Å². The summed E-state index contributed by atoms with van der Waals surface area (Å²) in [6.07, 6.45) is 13.0. The SMILES string of the molecule is O=C(c1cncc(NC2CC(=O)N(C3CCCCCC3)C2)n1)N1CCCC1. The minimum absolute atomic E-state index is 0.0344. The summed E-state index contributed by atoms with van der Waals surface area (Å²) in [4.78, 5) is 37.6. The van der Waals surface area contributed by atoms with Crippen molar-refractivity contribution in [3.8, 4) is 0 Å². The highest BCUT2D eigenvalue weighted by Gasteiger charge is 2.34. The molecular weight excluding hydrogens is 342 g/mol. The average Bonchev–Trinajstić information content (AvgIpc) is 3.25. The van der Waals surface area contributed by atoms with E-state index in [0.29, 0.717) is 24.0 Å². The fourth-order valence-electron chi connectivity index (χ4n) is 4.58. The average molecular weight is 371 g/mol. The molecule has 1 aromatic heterocycles. The first kappa shape index (κ1) is 18.2. The van der Waals surface area contributed by atoms with Gasteiger partial charge in [-0.25, -0.2) is 4.98 Å². The molecular formula is C20H29N5O2. The summed E-state index contributed by atoms with van der Waals surface area (Å²) in [5, 5.41) is 3.33. The molecule has 4 rings (SSSR count). The molecule has 1 aromatic rings. The Bertz CT molecular complexity index is 681. The lowest BCUT2D eigenvalue weighted by atomic mass is 10.1. The van der Waals surface area contributed by atoms with Gasteiger partial charge in [-0.1, -0.05) is 25.7 Å². The van der Waals surface area contributed by atoms with Gasteiger partial charge in [-0.2, -0.15) is 0 Å². The van der Waals surface area contributed by atoms with Gasteiger partial charge in [0.1, 0.15) is 11.5 Å². The number of hydrogen-bond donors (Lipinski definition) is 1. The number of nitrogens with one attached hydrogen (secondary N) is 1. The topological polar surface area (TPSA) is 78.4 Å². The first-order chi connectivity index (χ1) is 13.2. The van der Waals surface area contributed by atoms with Gasteiger partial charge in [0.25, 0.3) is 5.91 Å². The van der Waals surface area contributed by atoms with E-state index >= 15 is 0 Å². The van der Waals surface area contributed by atoms with Crippen molar-refractivity contribution in [3.63, 3.8) is 0 Å². The maximum Gasteiger partial charge on any atom is 0.274 e. The summed E-state index contributed by atoms with van der Waals surface area (Å²) in [6.45, 7) is 2.31. The highest BCUT2D eigenvalue weighted by molar-refractivity contribution is 5.92. The van der Waals surface area contributed by atoms with Crippen LogP contribution in [0.5, 0.6) is 0 Å². The molecule has 0 spiro atoms. The van der Waals surface area contributed by atoms with Crippen molar-refractivity contribution in [2.45, 2.75) is 69.9 Å². The summed E-state index contributed by atoms with van der Waals surface area (Å²) in [5.41, 5.74) is 0.381. The Morgan fingerprint density at radius 2 is 1.78 bits per heavy atom. The van der Waals surface area contributed by atoms with Crippen molar-refractivity contribution in [1.29, 1.82) is 0 Å². The van der Waals surface area contributed by atoms with Crippen molar-refractivity contribution >= 4 is 17.6 Å². The highest BCUT2D eigenvalue weighted by atomic mass is 16.2. The van der Waals surface area contributed by atoms with E-state index in [0.717, 1.165) is 45.3 Å². The van der Waals surface area contributed by atoms with E-state index in [2.05, 4.69) is 20.2 Å². The molecule has 3 aliphatic rings. The van der Waals surface area contributed by atoms with Gasteiger partial charge in [-0.05, 0) is 25.7 Å². The van der Waals surface area contributed by atoms with Crippen LogP contribution in [0.25, 0.3) is 0 Å². The third-order valence-corrected chi connectivity index (χ3v) is 6.02. The van der Waals surface area contributed by atoms with Crippen LogP contribution in [0, 0.1) is 0 Å². The van der Waals surface area contributed by atoms with Crippen LogP contribution < -0.4 is 5.32 Å². The number of anilines is 1. The van der Waals surface area contributed by atoms with E-state index in [1.165, 1.54) is 31.9 Å². The van der Waals surface area contributed by atoms with Crippen molar-refractivity contribution in [1.82, 2.24) is 19.8 Å². The quantitative estimate of drug-likeness (QED) is 0.823. The van der Waals surface area contributed by atoms with Crippen LogP contribution in [0.15, 0.2) is 12.4 Å². The van der Waals surface area contributed by atoms with Gasteiger partial charge in [0, 0.05) is 32.1 Å². The third kappa shape index (κ3) is 4.22. The lowest BCUT2D eigenvalue weighted by Gasteiger charge is -2.27. The number of hydrogen-bond acceptors (Lipinski definition) is 5. The Morgan fingerprint density at radius 1 is 1.04 bits per heavy atom. The summed E-state index contributed by atoms with van der Waals surface area (Å²) in [6, 6.07) is 0.424. The minimum Gasteiger partial charge on any atom is -0.364 e. The summed E-state index contributed by atoms with van der Waals surface area (Å²) < 4.78 is 0. The normalized spacial score (nSPS) is 24.3. The van der Waals surface area contributed by atoms with E-state index in [9.17, 15) is 9.59 Å². The molecule has 0 aromatic carbocycles. The third-order valence-electron chi connectivity index (χ3n) is 6.02. The second kappa shape index (κ2) is 8.23. The van der Waals surface area contributed by atoms with Crippen molar-refractivity contribution in [2.24, 2.45) is 0 Å². The van der Waals surface area contributed by atoms with Gasteiger partial charge < -0.3 is 15.1 Å². The Kier molecular flexibility index (Phi) is 5.55. The van der Waals surface area contributed by atoms with Crippen molar-refractivity contribution < 1.29 is 9.59 Å². The Morgan fingerprint density at radius 3 is 2.52 bits per heavy atom. The fraction of sp³-hybridized carbons (Fsp3) is 0.700. The predicted molar refractivity (Wildman–Crippen MR) is 102 cm³/mol. The van der Waals surface area contributed by atoms with Gasteiger partial charge in [-0.3, -0.25) is 14.6 Å². The molecule has 1 unspecified atom stereocenters. The molecule has 1 atom stereocenters. The van der Waals surface area contributed by atoms with E-state index in [1.807, 2.05) is 4.90 Å². The predicted octanol–water partition coefficient (Wildman–Crippen LogP) is 2.45. The molecule has 0 bridgehead atoms. The minimum atomic E-state index is -0.0498. The molecule has 27 heavy (non-hydrogen) atoms. The zero-order valence-electron chi connectivity index (χ0n) is 15.9. The van der Waals surface area contributed by atoms with Crippen LogP contribution in [0.3, 0.4) is 0 Å². The highest BCUT2D eigenvalue weighted by Crippen LogP contribution is 2.26. The molecule has 7 heteroatoms. The summed E-state index contributed by atoms with van der Waals surface area (Å²) >= 11 is 0. The van der Waals surface area contributed by atoms with Crippen LogP contribution in [-0.2, 0) is 4.79 Å². The lowest BCUT2D eigenvalue weighted by Crippen LogP contribution is -2.37. The fourth-order valence-corrected chi connectivity index (χ4v) is 4.58. The van der Waals surface area contributed by atoms with Gasteiger partial charge in [0.2, 0.25) is 5.91 Å². The Labute approximate surface area is 160 Å². The summed E-state index contributed by atoms with van der Waals surface area (Å²) in [5.74, 6) is 0.767. The molecule has 0 radical (unpaired) electrons. The van der Waals surface area contributed by atoms with Gasteiger partial charge in [0.15, 0.2) is 0 Å². The number of aromatic nitrogens is 2. The molecule has 2 saturated heterocycles. The molecule has 1 N–H and O–H groups in total. The van der Waals surface area contributed by atoms with E-state index < -0.39 is 0 Å². The molecule has 3 fully saturated rings. The monoisotopic (exact) mass is 371 g/mol. The van der Waals surface area contributed by atoms with Crippen LogP contribution >= 0.6 is 0 Å².